The molecule has 1 saturated carbocycles. The molecule has 7 nitrogen and oxygen atoms in total. The molecule has 0 aromatic carbocycles. The first kappa shape index (κ1) is 17.3. The zero-order valence-electron chi connectivity index (χ0n) is 12.6. The monoisotopic (exact) mass is 300 g/mol. The summed E-state index contributed by atoms with van der Waals surface area (Å²) in [5, 5.41) is 14.3. The van der Waals surface area contributed by atoms with Crippen LogP contribution in [0.15, 0.2) is 0 Å². The van der Waals surface area contributed by atoms with Gasteiger partial charge in [0.1, 0.15) is 6.04 Å². The third kappa shape index (κ3) is 6.46. The molecular weight excluding hydrogens is 276 g/mol. The third-order valence-electron chi connectivity index (χ3n) is 3.74. The highest BCUT2D eigenvalue weighted by Crippen LogP contribution is 2.23. The van der Waals surface area contributed by atoms with Crippen LogP contribution in [-0.4, -0.2) is 42.3 Å². The maximum absolute atomic E-state index is 11.8. The fraction of sp³-hybridized carbons (Fsp3) is 0.786. The van der Waals surface area contributed by atoms with Crippen molar-refractivity contribution in [2.75, 3.05) is 7.11 Å². The topological polar surface area (TPSA) is 105 Å². The lowest BCUT2D eigenvalue weighted by atomic mass is 9.87. The molecule has 3 atom stereocenters. The fourth-order valence-electron chi connectivity index (χ4n) is 2.57. The molecule has 21 heavy (non-hydrogen) atoms. The minimum atomic E-state index is -1.16. The van der Waals surface area contributed by atoms with E-state index in [0.717, 1.165) is 25.7 Å². The molecule has 120 valence electrons. The van der Waals surface area contributed by atoms with Gasteiger partial charge in [0.25, 0.3) is 0 Å². The Morgan fingerprint density at radius 2 is 2.05 bits per heavy atom. The summed E-state index contributed by atoms with van der Waals surface area (Å²) in [7, 11) is 1.24. The standard InChI is InChI=1S/C14H24N2O5/c1-9-4-3-5-10(8-9)15-14(20)16-11(13(18)19)6-7-12(17)21-2/h9-11H,3-8H2,1-2H3,(H,18,19)(H2,15,16,20)/t9?,10?,11-/m1/s1. The Bertz CT molecular complexity index is 386. The van der Waals surface area contributed by atoms with Crippen LogP contribution in [0.5, 0.6) is 0 Å². The second-order valence-electron chi connectivity index (χ2n) is 5.59. The number of ether oxygens (including phenoxy) is 1. The molecule has 7 heteroatoms. The average Bonchev–Trinajstić information content (AvgIpc) is 2.42. The van der Waals surface area contributed by atoms with Gasteiger partial charge in [-0.2, -0.15) is 0 Å². The summed E-state index contributed by atoms with van der Waals surface area (Å²) < 4.78 is 4.46. The van der Waals surface area contributed by atoms with E-state index in [4.69, 9.17) is 5.11 Å². The molecule has 0 heterocycles. The van der Waals surface area contributed by atoms with Crippen molar-refractivity contribution >= 4 is 18.0 Å². The molecule has 1 rings (SSSR count). The van der Waals surface area contributed by atoms with E-state index in [9.17, 15) is 14.4 Å². The normalized spacial score (nSPS) is 23.0. The number of urea groups is 1. The molecule has 0 bridgehead atoms. The number of carboxylic acid groups (broad SMARTS) is 1. The maximum Gasteiger partial charge on any atom is 0.326 e. The largest absolute Gasteiger partial charge is 0.480 e. The number of nitrogens with one attached hydrogen (secondary N) is 2. The van der Waals surface area contributed by atoms with Crippen LogP contribution in [0, 0.1) is 5.92 Å². The van der Waals surface area contributed by atoms with E-state index in [1.54, 1.807) is 0 Å². The number of rotatable bonds is 6. The van der Waals surface area contributed by atoms with E-state index < -0.39 is 24.0 Å². The molecule has 3 N–H and O–H groups in total. The average molecular weight is 300 g/mol. The van der Waals surface area contributed by atoms with E-state index in [-0.39, 0.29) is 18.9 Å². The summed E-state index contributed by atoms with van der Waals surface area (Å²) in [6.45, 7) is 2.14. The van der Waals surface area contributed by atoms with Crippen LogP contribution in [0.2, 0.25) is 0 Å². The fourth-order valence-corrected chi connectivity index (χ4v) is 2.57. The Morgan fingerprint density at radius 1 is 1.33 bits per heavy atom. The Labute approximate surface area is 124 Å². The van der Waals surface area contributed by atoms with Gasteiger partial charge in [-0.3, -0.25) is 4.79 Å². The van der Waals surface area contributed by atoms with Gasteiger partial charge in [0, 0.05) is 12.5 Å². The summed E-state index contributed by atoms with van der Waals surface area (Å²) in [6.07, 6.45) is 4.02. The molecule has 0 saturated heterocycles. The van der Waals surface area contributed by atoms with E-state index >= 15 is 0 Å². The molecule has 0 spiro atoms. The summed E-state index contributed by atoms with van der Waals surface area (Å²) >= 11 is 0. The molecule has 1 fully saturated rings. The number of hydrogen-bond donors (Lipinski definition) is 3. The highest BCUT2D eigenvalue weighted by Gasteiger charge is 2.24. The first-order valence-electron chi connectivity index (χ1n) is 7.29. The molecule has 2 amide bonds. The summed E-state index contributed by atoms with van der Waals surface area (Å²) in [6, 6.07) is -1.50. The van der Waals surface area contributed by atoms with Crippen molar-refractivity contribution in [2.24, 2.45) is 5.92 Å². The molecular formula is C14H24N2O5. The maximum atomic E-state index is 11.8. The van der Waals surface area contributed by atoms with E-state index in [1.807, 2.05) is 0 Å². The lowest BCUT2D eigenvalue weighted by Crippen LogP contribution is -2.50. The van der Waals surface area contributed by atoms with Gasteiger partial charge in [-0.15, -0.1) is 0 Å². The molecule has 0 radical (unpaired) electrons. The van der Waals surface area contributed by atoms with Gasteiger partial charge in [0.15, 0.2) is 0 Å². The Morgan fingerprint density at radius 3 is 2.62 bits per heavy atom. The van der Waals surface area contributed by atoms with Crippen molar-refractivity contribution in [1.82, 2.24) is 10.6 Å². The quantitative estimate of drug-likeness (QED) is 0.641. The van der Waals surface area contributed by atoms with Crippen molar-refractivity contribution in [3.05, 3.63) is 0 Å². The van der Waals surface area contributed by atoms with Crippen molar-refractivity contribution in [1.29, 1.82) is 0 Å². The van der Waals surface area contributed by atoms with E-state index in [2.05, 4.69) is 22.3 Å². The Hall–Kier alpha value is -1.79. The molecule has 0 aromatic rings. The molecule has 2 unspecified atom stereocenters. The van der Waals surface area contributed by atoms with E-state index in [1.165, 1.54) is 7.11 Å². The van der Waals surface area contributed by atoms with Crippen LogP contribution < -0.4 is 10.6 Å². The minimum Gasteiger partial charge on any atom is -0.480 e. The van der Waals surface area contributed by atoms with Crippen molar-refractivity contribution in [2.45, 2.75) is 57.5 Å². The third-order valence-corrected chi connectivity index (χ3v) is 3.74. The number of carboxylic acids is 1. The number of carbonyl (C=O) groups is 3. The number of amides is 2. The van der Waals surface area contributed by atoms with Crippen LogP contribution in [0.4, 0.5) is 4.79 Å². The van der Waals surface area contributed by atoms with Gasteiger partial charge in [-0.05, 0) is 25.2 Å². The van der Waals surface area contributed by atoms with Crippen LogP contribution in [0.1, 0.15) is 45.4 Å². The van der Waals surface area contributed by atoms with Gasteiger partial charge in [0.05, 0.1) is 7.11 Å². The van der Waals surface area contributed by atoms with Gasteiger partial charge in [-0.25, -0.2) is 9.59 Å². The predicted molar refractivity (Wildman–Crippen MR) is 75.8 cm³/mol. The zero-order chi connectivity index (χ0) is 15.8. The number of hydrogen-bond acceptors (Lipinski definition) is 4. The van der Waals surface area contributed by atoms with E-state index in [0.29, 0.717) is 5.92 Å². The number of aliphatic carboxylic acids is 1. The highest BCUT2D eigenvalue weighted by atomic mass is 16.5. The lowest BCUT2D eigenvalue weighted by Gasteiger charge is -2.28. The Kier molecular flexibility index (Phi) is 6.98. The molecule has 1 aliphatic carbocycles. The van der Waals surface area contributed by atoms with Crippen molar-refractivity contribution in [3.63, 3.8) is 0 Å². The second kappa shape index (κ2) is 8.49. The van der Waals surface area contributed by atoms with Crippen LogP contribution in [0.3, 0.4) is 0 Å². The molecule has 0 aliphatic heterocycles. The van der Waals surface area contributed by atoms with Gasteiger partial charge in [-0.1, -0.05) is 19.8 Å². The first-order valence-corrected chi connectivity index (χ1v) is 7.29. The van der Waals surface area contributed by atoms with Crippen LogP contribution in [-0.2, 0) is 14.3 Å². The summed E-state index contributed by atoms with van der Waals surface area (Å²) in [5.41, 5.74) is 0. The van der Waals surface area contributed by atoms with Gasteiger partial charge >= 0.3 is 18.0 Å². The second-order valence-corrected chi connectivity index (χ2v) is 5.59. The van der Waals surface area contributed by atoms with Crippen molar-refractivity contribution < 1.29 is 24.2 Å². The smallest absolute Gasteiger partial charge is 0.326 e. The first-order chi connectivity index (χ1) is 9.92. The summed E-state index contributed by atoms with van der Waals surface area (Å²) in [5.74, 6) is -1.09. The molecule has 0 aromatic heterocycles. The van der Waals surface area contributed by atoms with Crippen LogP contribution >= 0.6 is 0 Å². The SMILES string of the molecule is COC(=O)CC[C@@H](NC(=O)NC1CCCC(C)C1)C(=O)O. The number of methoxy groups -OCH3 is 1. The minimum absolute atomic E-state index is 0.0104. The van der Waals surface area contributed by atoms with Crippen molar-refractivity contribution in [3.8, 4) is 0 Å². The van der Waals surface area contributed by atoms with Gasteiger partial charge < -0.3 is 20.5 Å². The lowest BCUT2D eigenvalue weighted by molar-refractivity contribution is -0.142. The predicted octanol–water partition coefficient (Wildman–Crippen LogP) is 1.27. The zero-order valence-corrected chi connectivity index (χ0v) is 12.6. The van der Waals surface area contributed by atoms with Gasteiger partial charge in [0.2, 0.25) is 0 Å². The number of esters is 1. The highest BCUT2D eigenvalue weighted by molar-refractivity contribution is 5.83. The number of carbonyl (C=O) groups excluding carboxylic acids is 2. The summed E-state index contributed by atoms with van der Waals surface area (Å²) in [4.78, 5) is 34.0. The molecule has 1 aliphatic rings. The Balaban J connectivity index is 2.41. The van der Waals surface area contributed by atoms with Crippen LogP contribution in [0.25, 0.3) is 0 Å².